The summed E-state index contributed by atoms with van der Waals surface area (Å²) in [5.74, 6) is 2.06. The van der Waals surface area contributed by atoms with E-state index in [1.54, 1.807) is 18.7 Å². The molecule has 0 aliphatic heterocycles. The van der Waals surface area contributed by atoms with Crippen molar-refractivity contribution in [2.45, 2.75) is 6.54 Å². The molecule has 3 heterocycles. The van der Waals surface area contributed by atoms with Crippen LogP contribution in [0.2, 0.25) is 0 Å². The summed E-state index contributed by atoms with van der Waals surface area (Å²) in [6, 6.07) is 3.78. The second-order valence-corrected chi connectivity index (χ2v) is 4.08. The van der Waals surface area contributed by atoms with E-state index in [1.165, 1.54) is 0 Å². The summed E-state index contributed by atoms with van der Waals surface area (Å²) >= 11 is 0. The third-order valence-corrected chi connectivity index (χ3v) is 2.71. The SMILES string of the molecule is CN(Cc1ccco1)c1nc(N)cn2ccnc12. The van der Waals surface area contributed by atoms with Crippen molar-refractivity contribution in [3.05, 3.63) is 42.7 Å². The molecule has 3 aromatic rings. The van der Waals surface area contributed by atoms with Gasteiger partial charge >= 0.3 is 0 Å². The van der Waals surface area contributed by atoms with Crippen molar-refractivity contribution >= 4 is 17.3 Å². The zero-order valence-corrected chi connectivity index (χ0v) is 9.95. The minimum absolute atomic E-state index is 0.460. The smallest absolute Gasteiger partial charge is 0.180 e. The molecule has 0 aliphatic rings. The number of furan rings is 1. The lowest BCUT2D eigenvalue weighted by Gasteiger charge is -2.17. The molecule has 3 rings (SSSR count). The van der Waals surface area contributed by atoms with Crippen LogP contribution >= 0.6 is 0 Å². The standard InChI is InChI=1S/C12H13N5O/c1-16(7-9-3-2-6-18-9)12-11-14-4-5-17(11)8-10(13)15-12/h2-6,8H,7,13H2,1H3. The Labute approximate surface area is 104 Å². The molecule has 18 heavy (non-hydrogen) atoms. The highest BCUT2D eigenvalue weighted by molar-refractivity contribution is 5.65. The van der Waals surface area contributed by atoms with Gasteiger partial charge in [0, 0.05) is 19.4 Å². The van der Waals surface area contributed by atoms with Gasteiger partial charge in [0.1, 0.15) is 11.6 Å². The monoisotopic (exact) mass is 243 g/mol. The number of nitrogens with two attached hydrogens (primary N) is 1. The summed E-state index contributed by atoms with van der Waals surface area (Å²) in [6.07, 6.45) is 6.96. The van der Waals surface area contributed by atoms with Gasteiger partial charge in [-0.15, -0.1) is 0 Å². The summed E-state index contributed by atoms with van der Waals surface area (Å²) in [5, 5.41) is 0. The van der Waals surface area contributed by atoms with Gasteiger partial charge in [-0.25, -0.2) is 9.97 Å². The first kappa shape index (κ1) is 10.6. The van der Waals surface area contributed by atoms with Crippen LogP contribution in [-0.4, -0.2) is 21.4 Å². The topological polar surface area (TPSA) is 72.6 Å². The first-order chi connectivity index (χ1) is 8.74. The minimum Gasteiger partial charge on any atom is -0.467 e. The first-order valence-corrected chi connectivity index (χ1v) is 5.57. The lowest BCUT2D eigenvalue weighted by Crippen LogP contribution is -2.19. The van der Waals surface area contributed by atoms with Crippen molar-refractivity contribution in [2.75, 3.05) is 17.7 Å². The van der Waals surface area contributed by atoms with Crippen molar-refractivity contribution in [3.8, 4) is 0 Å². The number of nitrogens with zero attached hydrogens (tertiary/aromatic N) is 4. The molecule has 0 fully saturated rings. The van der Waals surface area contributed by atoms with Gasteiger partial charge < -0.3 is 19.5 Å². The van der Waals surface area contributed by atoms with E-state index >= 15 is 0 Å². The summed E-state index contributed by atoms with van der Waals surface area (Å²) in [7, 11) is 1.93. The van der Waals surface area contributed by atoms with E-state index in [1.807, 2.05) is 34.7 Å². The molecule has 92 valence electrons. The molecule has 0 atom stereocenters. The maximum Gasteiger partial charge on any atom is 0.180 e. The predicted octanol–water partition coefficient (Wildman–Crippen LogP) is 1.54. The van der Waals surface area contributed by atoms with Crippen LogP contribution in [0.5, 0.6) is 0 Å². The second kappa shape index (κ2) is 4.06. The van der Waals surface area contributed by atoms with Crippen molar-refractivity contribution in [2.24, 2.45) is 0 Å². The quantitative estimate of drug-likeness (QED) is 0.755. The maximum atomic E-state index is 5.79. The molecule has 6 nitrogen and oxygen atoms in total. The van der Waals surface area contributed by atoms with E-state index in [0.717, 1.165) is 17.2 Å². The summed E-state index contributed by atoms with van der Waals surface area (Å²) in [5.41, 5.74) is 6.56. The number of nitrogen functional groups attached to an aromatic ring is 1. The first-order valence-electron chi connectivity index (χ1n) is 5.57. The van der Waals surface area contributed by atoms with Gasteiger partial charge in [0.25, 0.3) is 0 Å². The maximum absolute atomic E-state index is 5.79. The Kier molecular flexibility index (Phi) is 2.40. The highest BCUT2D eigenvalue weighted by Gasteiger charge is 2.12. The fourth-order valence-electron chi connectivity index (χ4n) is 1.90. The van der Waals surface area contributed by atoms with Crippen LogP contribution in [0.1, 0.15) is 5.76 Å². The Hall–Kier alpha value is -2.50. The molecule has 0 saturated carbocycles. The van der Waals surface area contributed by atoms with Gasteiger partial charge in [0.15, 0.2) is 11.5 Å². The number of aromatic nitrogens is 3. The number of anilines is 2. The molecule has 0 amide bonds. The molecule has 0 saturated heterocycles. The summed E-state index contributed by atoms with van der Waals surface area (Å²) in [4.78, 5) is 10.6. The lowest BCUT2D eigenvalue weighted by atomic mass is 10.4. The molecule has 3 aromatic heterocycles. The van der Waals surface area contributed by atoms with Gasteiger partial charge in [-0.3, -0.25) is 0 Å². The van der Waals surface area contributed by atoms with Gasteiger partial charge in [0.05, 0.1) is 19.0 Å². The van der Waals surface area contributed by atoms with Crippen LogP contribution in [0.4, 0.5) is 11.6 Å². The van der Waals surface area contributed by atoms with Gasteiger partial charge in [-0.2, -0.15) is 0 Å². The number of imidazole rings is 1. The van der Waals surface area contributed by atoms with Crippen LogP contribution in [0.15, 0.2) is 41.4 Å². The van der Waals surface area contributed by atoms with Crippen molar-refractivity contribution in [1.82, 2.24) is 14.4 Å². The number of hydrogen-bond acceptors (Lipinski definition) is 5. The lowest BCUT2D eigenvalue weighted by molar-refractivity contribution is 0.507. The molecule has 0 bridgehead atoms. The van der Waals surface area contributed by atoms with Gasteiger partial charge in [0.2, 0.25) is 0 Å². The summed E-state index contributed by atoms with van der Waals surface area (Å²) in [6.45, 7) is 0.617. The predicted molar refractivity (Wildman–Crippen MR) is 68.2 cm³/mol. The Morgan fingerprint density at radius 1 is 1.50 bits per heavy atom. The Balaban J connectivity index is 2.00. The molecule has 0 spiro atoms. The highest BCUT2D eigenvalue weighted by atomic mass is 16.3. The molecular weight excluding hydrogens is 230 g/mol. The average Bonchev–Trinajstić information content (AvgIpc) is 2.97. The number of fused-ring (bicyclic) bond motifs is 1. The fraction of sp³-hybridized carbons (Fsp3) is 0.167. The van der Waals surface area contributed by atoms with E-state index in [9.17, 15) is 0 Å². The number of rotatable bonds is 3. The highest BCUT2D eigenvalue weighted by Crippen LogP contribution is 2.20. The molecule has 0 aromatic carbocycles. The molecule has 2 N–H and O–H groups in total. The van der Waals surface area contributed by atoms with Crippen LogP contribution in [-0.2, 0) is 6.54 Å². The van der Waals surface area contributed by atoms with E-state index in [0.29, 0.717) is 12.4 Å². The number of hydrogen-bond donors (Lipinski definition) is 1. The molecular formula is C12H13N5O. The van der Waals surface area contributed by atoms with E-state index in [2.05, 4.69) is 9.97 Å². The van der Waals surface area contributed by atoms with E-state index in [-0.39, 0.29) is 0 Å². The van der Waals surface area contributed by atoms with Crippen molar-refractivity contribution < 1.29 is 4.42 Å². The molecule has 0 radical (unpaired) electrons. The normalized spacial score (nSPS) is 10.9. The Morgan fingerprint density at radius 3 is 3.17 bits per heavy atom. The average molecular weight is 243 g/mol. The van der Waals surface area contributed by atoms with Crippen molar-refractivity contribution in [1.29, 1.82) is 0 Å². The molecule has 0 unspecified atom stereocenters. The summed E-state index contributed by atoms with van der Waals surface area (Å²) < 4.78 is 7.18. The minimum atomic E-state index is 0.460. The van der Waals surface area contributed by atoms with Crippen LogP contribution < -0.4 is 10.6 Å². The third kappa shape index (κ3) is 1.77. The zero-order chi connectivity index (χ0) is 12.5. The Morgan fingerprint density at radius 2 is 2.39 bits per heavy atom. The van der Waals surface area contributed by atoms with Crippen LogP contribution in [0, 0.1) is 0 Å². The van der Waals surface area contributed by atoms with Gasteiger partial charge in [-0.05, 0) is 12.1 Å². The van der Waals surface area contributed by atoms with Crippen LogP contribution in [0.3, 0.4) is 0 Å². The van der Waals surface area contributed by atoms with E-state index < -0.39 is 0 Å². The van der Waals surface area contributed by atoms with Crippen LogP contribution in [0.25, 0.3) is 5.65 Å². The largest absolute Gasteiger partial charge is 0.467 e. The third-order valence-electron chi connectivity index (χ3n) is 2.71. The van der Waals surface area contributed by atoms with Crippen molar-refractivity contribution in [3.63, 3.8) is 0 Å². The molecule has 6 heteroatoms. The zero-order valence-electron chi connectivity index (χ0n) is 9.95. The fourth-order valence-corrected chi connectivity index (χ4v) is 1.90. The second-order valence-electron chi connectivity index (χ2n) is 4.08. The van der Waals surface area contributed by atoms with E-state index in [4.69, 9.17) is 10.2 Å². The van der Waals surface area contributed by atoms with Gasteiger partial charge in [-0.1, -0.05) is 0 Å². The molecule has 0 aliphatic carbocycles. The Bertz CT molecular complexity index is 658.